The third kappa shape index (κ3) is 6.65. The van der Waals surface area contributed by atoms with Crippen molar-refractivity contribution >= 4 is 12.0 Å². The number of carboxylic acids is 1. The van der Waals surface area contributed by atoms with Crippen LogP contribution in [0.4, 0.5) is 4.79 Å². The molecule has 0 radical (unpaired) electrons. The zero-order chi connectivity index (χ0) is 28.0. The minimum Gasteiger partial charge on any atom is -0.496 e. The van der Waals surface area contributed by atoms with Gasteiger partial charge in [0.1, 0.15) is 17.0 Å². The normalized spacial score (nSPS) is 21.0. The molecule has 0 saturated heterocycles. The maximum Gasteiger partial charge on any atom is 0.329 e. The smallest absolute Gasteiger partial charge is 0.329 e. The summed E-state index contributed by atoms with van der Waals surface area (Å²) in [4.78, 5) is 27.5. The number of ether oxygens (including phenoxy) is 4. The van der Waals surface area contributed by atoms with Crippen LogP contribution in [-0.4, -0.2) is 67.6 Å². The summed E-state index contributed by atoms with van der Waals surface area (Å²) < 4.78 is 22.9. The van der Waals surface area contributed by atoms with Gasteiger partial charge in [-0.05, 0) is 55.9 Å². The molecule has 2 fully saturated rings. The third-order valence-electron chi connectivity index (χ3n) is 7.66. The fourth-order valence-electron chi connectivity index (χ4n) is 5.23. The lowest BCUT2D eigenvalue weighted by Gasteiger charge is -2.45. The van der Waals surface area contributed by atoms with Crippen LogP contribution in [-0.2, 0) is 20.9 Å². The van der Waals surface area contributed by atoms with Crippen LogP contribution >= 0.6 is 0 Å². The number of amides is 2. The van der Waals surface area contributed by atoms with Gasteiger partial charge in [0.05, 0.1) is 39.6 Å². The van der Waals surface area contributed by atoms with Gasteiger partial charge in [0.15, 0.2) is 0 Å². The topological polar surface area (TPSA) is 107 Å². The Bertz CT molecular complexity index is 1100. The molecule has 2 aliphatic carbocycles. The number of carbonyl (C=O) groups is 2. The predicted molar refractivity (Wildman–Crippen MR) is 146 cm³/mol. The average molecular weight is 541 g/mol. The van der Waals surface area contributed by atoms with Crippen molar-refractivity contribution in [3.63, 3.8) is 0 Å². The highest BCUT2D eigenvalue weighted by Crippen LogP contribution is 2.50. The number of hydrogen-bond acceptors (Lipinski definition) is 6. The van der Waals surface area contributed by atoms with Crippen LogP contribution in [0.1, 0.15) is 68.2 Å². The van der Waals surface area contributed by atoms with Gasteiger partial charge in [-0.25, -0.2) is 9.59 Å². The molecule has 2 saturated carbocycles. The summed E-state index contributed by atoms with van der Waals surface area (Å²) in [7, 11) is 3.28. The van der Waals surface area contributed by atoms with E-state index in [-0.39, 0.29) is 32.1 Å². The quantitative estimate of drug-likeness (QED) is 0.329. The Labute approximate surface area is 230 Å². The molecular formula is C30H40N2O7. The Balaban J connectivity index is 1.54. The summed E-state index contributed by atoms with van der Waals surface area (Å²) in [6.07, 6.45) is 2.46. The minimum absolute atomic E-state index is 0.185. The van der Waals surface area contributed by atoms with Crippen LogP contribution in [0.15, 0.2) is 42.5 Å². The van der Waals surface area contributed by atoms with Crippen molar-refractivity contribution in [3.05, 3.63) is 59.2 Å². The Morgan fingerprint density at radius 1 is 1.10 bits per heavy atom. The minimum atomic E-state index is -1.36. The molecule has 1 atom stereocenters. The molecule has 0 spiro atoms. The van der Waals surface area contributed by atoms with Crippen LogP contribution < -0.4 is 14.8 Å². The van der Waals surface area contributed by atoms with Crippen molar-refractivity contribution in [2.75, 3.05) is 34.0 Å². The molecule has 1 unspecified atom stereocenters. The van der Waals surface area contributed by atoms with Gasteiger partial charge >= 0.3 is 12.0 Å². The summed E-state index contributed by atoms with van der Waals surface area (Å²) >= 11 is 0. The van der Waals surface area contributed by atoms with Gasteiger partial charge in [-0.15, -0.1) is 0 Å². The summed E-state index contributed by atoms with van der Waals surface area (Å²) in [6, 6.07) is 12.8. The SMILES string of the molecule is CCOC1CC(NC(=O)N(CCOCc2ccccc2)C(C)c2cc(OC)c(C3CC3)c(OC)c2)(C(=O)O)C1. The summed E-state index contributed by atoms with van der Waals surface area (Å²) in [5.41, 5.74) is 1.56. The highest BCUT2D eigenvalue weighted by atomic mass is 16.5. The second kappa shape index (κ2) is 12.7. The molecule has 9 nitrogen and oxygen atoms in total. The van der Waals surface area contributed by atoms with Gasteiger partial charge in [0.2, 0.25) is 0 Å². The molecule has 0 bridgehead atoms. The molecule has 2 aliphatic rings. The van der Waals surface area contributed by atoms with Crippen LogP contribution in [0.25, 0.3) is 0 Å². The van der Waals surface area contributed by atoms with Gasteiger partial charge in [-0.2, -0.15) is 0 Å². The number of carbonyl (C=O) groups excluding carboxylic acids is 1. The molecule has 212 valence electrons. The van der Waals surface area contributed by atoms with E-state index < -0.39 is 23.6 Å². The van der Waals surface area contributed by atoms with Gasteiger partial charge in [-0.1, -0.05) is 30.3 Å². The summed E-state index contributed by atoms with van der Waals surface area (Å²) in [5.74, 6) is 0.828. The monoisotopic (exact) mass is 540 g/mol. The van der Waals surface area contributed by atoms with E-state index in [4.69, 9.17) is 18.9 Å². The Morgan fingerprint density at radius 3 is 2.28 bits per heavy atom. The van der Waals surface area contributed by atoms with Crippen LogP contribution in [0.2, 0.25) is 0 Å². The second-order valence-corrected chi connectivity index (χ2v) is 10.3. The van der Waals surface area contributed by atoms with Crippen LogP contribution in [0, 0.1) is 0 Å². The van der Waals surface area contributed by atoms with Crippen molar-refractivity contribution in [3.8, 4) is 11.5 Å². The van der Waals surface area contributed by atoms with Crippen molar-refractivity contribution in [2.24, 2.45) is 0 Å². The molecule has 9 heteroatoms. The van der Waals surface area contributed by atoms with Crippen LogP contribution in [0.5, 0.6) is 11.5 Å². The molecular weight excluding hydrogens is 500 g/mol. The molecule has 4 rings (SSSR count). The van der Waals surface area contributed by atoms with Crippen molar-refractivity contribution in [2.45, 2.75) is 69.7 Å². The van der Waals surface area contributed by atoms with Crippen molar-refractivity contribution in [1.29, 1.82) is 0 Å². The number of hydrogen-bond donors (Lipinski definition) is 2. The largest absolute Gasteiger partial charge is 0.496 e. The fraction of sp³-hybridized carbons (Fsp3) is 0.533. The van der Waals surface area contributed by atoms with Gasteiger partial charge in [-0.3, -0.25) is 0 Å². The van der Waals surface area contributed by atoms with E-state index in [1.807, 2.05) is 56.3 Å². The number of nitrogens with one attached hydrogen (secondary N) is 1. The van der Waals surface area contributed by atoms with E-state index in [9.17, 15) is 14.7 Å². The first-order chi connectivity index (χ1) is 18.8. The summed E-state index contributed by atoms with van der Waals surface area (Å²) in [5, 5.41) is 12.8. The van der Waals surface area contributed by atoms with E-state index in [1.165, 1.54) is 0 Å². The first-order valence-electron chi connectivity index (χ1n) is 13.6. The highest BCUT2D eigenvalue weighted by molar-refractivity contribution is 5.87. The number of carboxylic acid groups (broad SMARTS) is 1. The lowest BCUT2D eigenvalue weighted by Crippen LogP contribution is -2.66. The Kier molecular flexibility index (Phi) is 9.35. The first kappa shape index (κ1) is 28.7. The average Bonchev–Trinajstić information content (AvgIpc) is 3.76. The molecule has 39 heavy (non-hydrogen) atoms. The maximum absolute atomic E-state index is 13.7. The summed E-state index contributed by atoms with van der Waals surface area (Å²) in [6.45, 7) is 5.24. The number of aliphatic carboxylic acids is 1. The Hall–Kier alpha value is -3.30. The molecule has 0 heterocycles. The molecule has 2 N–H and O–H groups in total. The molecule has 0 aliphatic heterocycles. The number of benzene rings is 2. The van der Waals surface area contributed by atoms with Gasteiger partial charge < -0.3 is 34.3 Å². The lowest BCUT2D eigenvalue weighted by molar-refractivity contribution is -0.156. The number of urea groups is 1. The number of nitrogens with zero attached hydrogens (tertiary/aromatic N) is 1. The highest BCUT2D eigenvalue weighted by Gasteiger charge is 2.53. The fourth-order valence-corrected chi connectivity index (χ4v) is 5.23. The third-order valence-corrected chi connectivity index (χ3v) is 7.66. The lowest BCUT2D eigenvalue weighted by atomic mass is 9.74. The van der Waals surface area contributed by atoms with Crippen molar-refractivity contribution in [1.82, 2.24) is 10.2 Å². The predicted octanol–water partition coefficient (Wildman–Crippen LogP) is 4.89. The van der Waals surface area contributed by atoms with E-state index in [1.54, 1.807) is 19.1 Å². The zero-order valence-corrected chi connectivity index (χ0v) is 23.3. The van der Waals surface area contributed by atoms with Crippen LogP contribution in [0.3, 0.4) is 0 Å². The van der Waals surface area contributed by atoms with E-state index in [0.29, 0.717) is 19.1 Å². The Morgan fingerprint density at radius 2 is 1.74 bits per heavy atom. The van der Waals surface area contributed by atoms with Crippen molar-refractivity contribution < 1.29 is 33.6 Å². The number of rotatable bonds is 14. The van der Waals surface area contributed by atoms with Gasteiger partial charge in [0, 0.05) is 31.6 Å². The van der Waals surface area contributed by atoms with E-state index >= 15 is 0 Å². The van der Waals surface area contributed by atoms with Gasteiger partial charge in [0.25, 0.3) is 0 Å². The molecule has 2 aromatic carbocycles. The zero-order valence-electron chi connectivity index (χ0n) is 23.3. The first-order valence-corrected chi connectivity index (χ1v) is 13.6. The standard InChI is InChI=1S/C30H40N2O7/c1-5-39-24-17-30(18-24,28(33)34)31-29(35)32(13-14-38-19-21-9-7-6-8-10-21)20(2)23-15-25(36-3)27(22-11-12-22)26(16-23)37-4/h6-10,15-16,20,22,24H,5,11-14,17-19H2,1-4H3,(H,31,35)(H,33,34). The molecule has 2 amide bonds. The number of methoxy groups -OCH3 is 2. The molecule has 2 aromatic rings. The van der Waals surface area contributed by atoms with E-state index in [2.05, 4.69) is 5.32 Å². The molecule has 0 aromatic heterocycles. The van der Waals surface area contributed by atoms with E-state index in [0.717, 1.165) is 41.0 Å². The second-order valence-electron chi connectivity index (χ2n) is 10.3. The maximum atomic E-state index is 13.7.